The molecule has 0 aromatic rings. The molecule has 0 aliphatic carbocycles. The molecule has 8 heavy (non-hydrogen) atoms. The molecule has 3 nitrogen and oxygen atoms in total. The number of hydrogen-bond acceptors (Lipinski definition) is 3. The van der Waals surface area contributed by atoms with E-state index >= 15 is 0 Å². The molecule has 46 valence electrons. The number of ether oxygens (including phenoxy) is 1. The van der Waals surface area contributed by atoms with Gasteiger partial charge in [0.25, 0.3) is 0 Å². The molecule has 0 bridgehead atoms. The molecule has 0 radical (unpaired) electrons. The lowest BCUT2D eigenvalue weighted by Gasteiger charge is -2.01. The average molecular weight is 115 g/mol. The molecular formula is C5H9NO2. The minimum Gasteiger partial charge on any atom is -0.391 e. The molecule has 1 atom stereocenters. The van der Waals surface area contributed by atoms with Gasteiger partial charge in [-0.25, -0.2) is 0 Å². The van der Waals surface area contributed by atoms with E-state index in [4.69, 9.17) is 9.57 Å². The largest absolute Gasteiger partial charge is 0.391 e. The lowest BCUT2D eigenvalue weighted by atomic mass is 10.3. The average Bonchev–Trinajstić information content (AvgIpc) is 2.19. The Bertz CT molecular complexity index is 78.5. The molecule has 1 saturated heterocycles. The highest BCUT2D eigenvalue weighted by atomic mass is 16.7. The first-order valence-electron chi connectivity index (χ1n) is 2.63. The summed E-state index contributed by atoms with van der Waals surface area (Å²) >= 11 is 0. The number of hydrogen-bond donors (Lipinski definition) is 0. The first-order valence-corrected chi connectivity index (χ1v) is 2.63. The summed E-state index contributed by atoms with van der Waals surface area (Å²) in [6.45, 7) is 4.65. The van der Waals surface area contributed by atoms with Gasteiger partial charge in [-0.15, -0.1) is 5.16 Å². The van der Waals surface area contributed by atoms with E-state index in [-0.39, 0.29) is 6.10 Å². The molecular weight excluding hydrogens is 106 g/mol. The van der Waals surface area contributed by atoms with Crippen molar-refractivity contribution in [3.63, 3.8) is 0 Å². The quantitative estimate of drug-likeness (QED) is 0.385. The van der Waals surface area contributed by atoms with Crippen molar-refractivity contribution in [2.45, 2.75) is 12.5 Å². The van der Waals surface area contributed by atoms with Crippen molar-refractivity contribution in [1.82, 2.24) is 0 Å². The molecule has 0 aromatic carbocycles. The van der Waals surface area contributed by atoms with Crippen LogP contribution in [0.25, 0.3) is 0 Å². The lowest BCUT2D eigenvalue weighted by Crippen LogP contribution is -2.07. The number of nitrogens with zero attached hydrogens (tertiary/aromatic N) is 1. The monoisotopic (exact) mass is 115 g/mol. The third-order valence-electron chi connectivity index (χ3n) is 1.11. The second-order valence-corrected chi connectivity index (χ2v) is 1.72. The van der Waals surface area contributed by atoms with Crippen LogP contribution in [0, 0.1) is 0 Å². The summed E-state index contributed by atoms with van der Waals surface area (Å²) < 4.78 is 5.00. The van der Waals surface area contributed by atoms with Crippen molar-refractivity contribution in [2.24, 2.45) is 5.16 Å². The first kappa shape index (κ1) is 5.56. The molecule has 0 amide bonds. The number of oxime groups is 1. The Morgan fingerprint density at radius 2 is 2.62 bits per heavy atom. The van der Waals surface area contributed by atoms with E-state index in [1.807, 2.05) is 0 Å². The summed E-state index contributed by atoms with van der Waals surface area (Å²) in [5.74, 6) is 0. The standard InChI is InChI=1S/C5H9NO2/c1-6-8-5-2-3-7-4-5/h5H,1-4H2/t5-/m1/s1. The highest BCUT2D eigenvalue weighted by Crippen LogP contribution is 2.06. The SMILES string of the molecule is C=NO[C@@H]1CCOC1. The normalized spacial score (nSPS) is 27.8. The molecule has 1 aliphatic rings. The first-order chi connectivity index (χ1) is 3.93. The highest BCUT2D eigenvalue weighted by Gasteiger charge is 2.15. The molecule has 1 rings (SSSR count). The van der Waals surface area contributed by atoms with E-state index < -0.39 is 0 Å². The van der Waals surface area contributed by atoms with Gasteiger partial charge in [-0.3, -0.25) is 0 Å². The van der Waals surface area contributed by atoms with Crippen molar-refractivity contribution >= 4 is 6.72 Å². The third-order valence-corrected chi connectivity index (χ3v) is 1.11. The van der Waals surface area contributed by atoms with Gasteiger partial charge in [0.05, 0.1) is 13.2 Å². The van der Waals surface area contributed by atoms with Crippen LogP contribution in [-0.4, -0.2) is 26.0 Å². The van der Waals surface area contributed by atoms with E-state index in [2.05, 4.69) is 11.9 Å². The fourth-order valence-electron chi connectivity index (χ4n) is 0.701. The maximum absolute atomic E-state index is 5.00. The van der Waals surface area contributed by atoms with Gasteiger partial charge in [0.2, 0.25) is 0 Å². The van der Waals surface area contributed by atoms with Gasteiger partial charge in [-0.2, -0.15) is 0 Å². The Morgan fingerprint density at radius 1 is 1.75 bits per heavy atom. The van der Waals surface area contributed by atoms with E-state index in [9.17, 15) is 0 Å². The molecule has 0 spiro atoms. The second-order valence-electron chi connectivity index (χ2n) is 1.72. The van der Waals surface area contributed by atoms with Crippen LogP contribution in [0.5, 0.6) is 0 Å². The number of rotatable bonds is 2. The van der Waals surface area contributed by atoms with Gasteiger partial charge in [0.1, 0.15) is 0 Å². The molecule has 1 aliphatic heterocycles. The molecule has 1 heterocycles. The summed E-state index contributed by atoms with van der Waals surface area (Å²) in [6.07, 6.45) is 1.10. The Morgan fingerprint density at radius 3 is 3.12 bits per heavy atom. The van der Waals surface area contributed by atoms with E-state index in [0.717, 1.165) is 13.0 Å². The van der Waals surface area contributed by atoms with Crippen molar-refractivity contribution in [3.8, 4) is 0 Å². The second kappa shape index (κ2) is 2.67. The van der Waals surface area contributed by atoms with Gasteiger partial charge in [-0.05, 0) is 0 Å². The molecule has 1 fully saturated rings. The van der Waals surface area contributed by atoms with E-state index in [0.29, 0.717) is 6.61 Å². The fraction of sp³-hybridized carbons (Fsp3) is 0.800. The highest BCUT2D eigenvalue weighted by molar-refractivity contribution is 5.21. The Balaban J connectivity index is 2.14. The minimum atomic E-state index is 0.160. The summed E-state index contributed by atoms with van der Waals surface area (Å²) in [4.78, 5) is 4.79. The van der Waals surface area contributed by atoms with Crippen LogP contribution in [0.3, 0.4) is 0 Å². The molecule has 0 unspecified atom stereocenters. The van der Waals surface area contributed by atoms with Crippen molar-refractivity contribution < 1.29 is 9.57 Å². The van der Waals surface area contributed by atoms with Crippen molar-refractivity contribution in [3.05, 3.63) is 0 Å². The predicted octanol–water partition coefficient (Wildman–Crippen LogP) is 0.407. The van der Waals surface area contributed by atoms with Crippen LogP contribution in [0.4, 0.5) is 0 Å². The van der Waals surface area contributed by atoms with E-state index in [1.165, 1.54) is 0 Å². The van der Waals surface area contributed by atoms with Crippen molar-refractivity contribution in [1.29, 1.82) is 0 Å². The van der Waals surface area contributed by atoms with Gasteiger partial charge in [0.15, 0.2) is 6.10 Å². The predicted molar refractivity (Wildman–Crippen MR) is 29.9 cm³/mol. The molecule has 0 saturated carbocycles. The van der Waals surface area contributed by atoms with Crippen molar-refractivity contribution in [2.75, 3.05) is 13.2 Å². The van der Waals surface area contributed by atoms with E-state index in [1.54, 1.807) is 0 Å². The molecule has 0 aromatic heterocycles. The summed E-state index contributed by atoms with van der Waals surface area (Å²) in [7, 11) is 0. The van der Waals surface area contributed by atoms with Gasteiger partial charge in [0, 0.05) is 13.1 Å². The summed E-state index contributed by atoms with van der Waals surface area (Å²) in [5, 5.41) is 3.29. The smallest absolute Gasteiger partial charge is 0.152 e. The Labute approximate surface area is 48.3 Å². The topological polar surface area (TPSA) is 30.8 Å². The van der Waals surface area contributed by atoms with Crippen LogP contribution in [-0.2, 0) is 9.57 Å². The van der Waals surface area contributed by atoms with Gasteiger partial charge >= 0.3 is 0 Å². The zero-order valence-electron chi connectivity index (χ0n) is 4.67. The maximum Gasteiger partial charge on any atom is 0.152 e. The van der Waals surface area contributed by atoms with Gasteiger partial charge in [-0.1, -0.05) is 0 Å². The summed E-state index contributed by atoms with van der Waals surface area (Å²) in [6, 6.07) is 0. The Hall–Kier alpha value is -0.570. The van der Waals surface area contributed by atoms with Crippen LogP contribution in [0.2, 0.25) is 0 Å². The fourth-order valence-corrected chi connectivity index (χ4v) is 0.701. The maximum atomic E-state index is 5.00. The van der Waals surface area contributed by atoms with Crippen LogP contribution in [0.1, 0.15) is 6.42 Å². The van der Waals surface area contributed by atoms with Gasteiger partial charge < -0.3 is 9.57 Å². The lowest BCUT2D eigenvalue weighted by molar-refractivity contribution is 0.0492. The minimum absolute atomic E-state index is 0.160. The third kappa shape index (κ3) is 1.20. The molecule has 0 N–H and O–H groups in total. The summed E-state index contributed by atoms with van der Waals surface area (Å²) in [5.41, 5.74) is 0. The zero-order chi connectivity index (χ0) is 5.82. The van der Waals surface area contributed by atoms with Crippen LogP contribution in [0.15, 0.2) is 5.16 Å². The zero-order valence-corrected chi connectivity index (χ0v) is 4.67. The van der Waals surface area contributed by atoms with Crippen LogP contribution < -0.4 is 0 Å². The van der Waals surface area contributed by atoms with Crippen LogP contribution >= 0.6 is 0 Å². The Kier molecular flexibility index (Phi) is 1.86. The molecule has 3 heteroatoms.